The van der Waals surface area contributed by atoms with Crippen molar-refractivity contribution in [3.05, 3.63) is 42.2 Å². The van der Waals surface area contributed by atoms with Crippen molar-refractivity contribution in [3.63, 3.8) is 0 Å². The lowest BCUT2D eigenvalue weighted by Gasteiger charge is -2.11. The predicted molar refractivity (Wildman–Crippen MR) is 68.2 cm³/mol. The van der Waals surface area contributed by atoms with Gasteiger partial charge >= 0.3 is 6.36 Å². The number of hydrogen-bond donors (Lipinski definition) is 1. The standard InChI is InChI=1S/C14H14F3NO2/c15-14(16,17)20-13-6-2-1-5-11(13)12-8-7-10(19-12)4-3-9-18/h1-2,5-8H,3-4,9,18H2. The fraction of sp³-hybridized carbons (Fsp3) is 0.286. The molecule has 0 atom stereocenters. The van der Waals surface area contributed by atoms with E-state index in [-0.39, 0.29) is 11.3 Å². The lowest BCUT2D eigenvalue weighted by atomic mass is 10.1. The van der Waals surface area contributed by atoms with E-state index in [4.69, 9.17) is 10.2 Å². The van der Waals surface area contributed by atoms with Gasteiger partial charge in [0.25, 0.3) is 0 Å². The zero-order valence-electron chi connectivity index (χ0n) is 10.6. The molecule has 0 radical (unpaired) electrons. The van der Waals surface area contributed by atoms with Gasteiger partial charge in [0.2, 0.25) is 0 Å². The molecule has 0 aliphatic rings. The Kier molecular flexibility index (Phi) is 4.34. The Morgan fingerprint density at radius 3 is 2.55 bits per heavy atom. The maximum atomic E-state index is 12.3. The van der Waals surface area contributed by atoms with E-state index in [0.717, 1.165) is 6.42 Å². The van der Waals surface area contributed by atoms with Gasteiger partial charge in [0.1, 0.15) is 17.3 Å². The number of rotatable bonds is 5. The number of nitrogens with two attached hydrogens (primary N) is 1. The number of hydrogen-bond acceptors (Lipinski definition) is 3. The van der Waals surface area contributed by atoms with E-state index in [0.29, 0.717) is 24.5 Å². The van der Waals surface area contributed by atoms with E-state index in [1.54, 1.807) is 18.2 Å². The van der Waals surface area contributed by atoms with Crippen LogP contribution in [-0.4, -0.2) is 12.9 Å². The lowest BCUT2D eigenvalue weighted by molar-refractivity contribution is -0.274. The third kappa shape index (κ3) is 3.77. The van der Waals surface area contributed by atoms with E-state index in [9.17, 15) is 13.2 Å². The second-order valence-electron chi connectivity index (χ2n) is 4.20. The third-order valence-electron chi connectivity index (χ3n) is 2.67. The van der Waals surface area contributed by atoms with Gasteiger partial charge in [-0.25, -0.2) is 0 Å². The molecule has 2 aromatic rings. The summed E-state index contributed by atoms with van der Waals surface area (Å²) >= 11 is 0. The average molecular weight is 285 g/mol. The molecule has 108 valence electrons. The van der Waals surface area contributed by atoms with Gasteiger partial charge in [-0.1, -0.05) is 12.1 Å². The van der Waals surface area contributed by atoms with Crippen molar-refractivity contribution in [3.8, 4) is 17.1 Å². The average Bonchev–Trinajstić information content (AvgIpc) is 2.83. The van der Waals surface area contributed by atoms with Crippen LogP contribution >= 0.6 is 0 Å². The van der Waals surface area contributed by atoms with Crippen molar-refractivity contribution in [2.24, 2.45) is 5.73 Å². The van der Waals surface area contributed by atoms with Crippen molar-refractivity contribution in [1.82, 2.24) is 0 Å². The van der Waals surface area contributed by atoms with E-state index in [2.05, 4.69) is 4.74 Å². The molecular formula is C14H14F3NO2. The Balaban J connectivity index is 2.26. The van der Waals surface area contributed by atoms with E-state index in [1.165, 1.54) is 18.2 Å². The smallest absolute Gasteiger partial charge is 0.461 e. The van der Waals surface area contributed by atoms with Crippen LogP contribution in [0.2, 0.25) is 0 Å². The molecule has 0 saturated carbocycles. The summed E-state index contributed by atoms with van der Waals surface area (Å²) < 4.78 is 46.5. The first-order valence-electron chi connectivity index (χ1n) is 6.13. The number of para-hydroxylation sites is 1. The number of furan rings is 1. The van der Waals surface area contributed by atoms with Gasteiger partial charge in [0, 0.05) is 6.42 Å². The number of halogens is 3. The highest BCUT2D eigenvalue weighted by molar-refractivity contribution is 5.65. The number of aryl methyl sites for hydroxylation is 1. The molecule has 1 heterocycles. The topological polar surface area (TPSA) is 48.4 Å². The molecule has 3 nitrogen and oxygen atoms in total. The molecule has 0 spiro atoms. The van der Waals surface area contributed by atoms with Crippen molar-refractivity contribution < 1.29 is 22.3 Å². The second-order valence-corrected chi connectivity index (χ2v) is 4.20. The van der Waals surface area contributed by atoms with Crippen LogP contribution in [-0.2, 0) is 6.42 Å². The monoisotopic (exact) mass is 285 g/mol. The minimum absolute atomic E-state index is 0.267. The van der Waals surface area contributed by atoms with Gasteiger partial charge in [-0.15, -0.1) is 13.2 Å². The van der Waals surface area contributed by atoms with Crippen LogP contribution in [0.1, 0.15) is 12.2 Å². The molecule has 1 aromatic heterocycles. The quantitative estimate of drug-likeness (QED) is 0.910. The summed E-state index contributed by atoms with van der Waals surface area (Å²) in [6, 6.07) is 9.24. The molecule has 0 aliphatic carbocycles. The first kappa shape index (κ1) is 14.5. The zero-order chi connectivity index (χ0) is 14.6. The van der Waals surface area contributed by atoms with Gasteiger partial charge in [0.15, 0.2) is 0 Å². The molecule has 0 bridgehead atoms. The van der Waals surface area contributed by atoms with Crippen LogP contribution in [0.25, 0.3) is 11.3 Å². The molecule has 2 rings (SSSR count). The van der Waals surface area contributed by atoms with Crippen molar-refractivity contribution in [2.75, 3.05) is 6.54 Å². The lowest BCUT2D eigenvalue weighted by Crippen LogP contribution is -2.17. The molecule has 0 aliphatic heterocycles. The highest BCUT2D eigenvalue weighted by atomic mass is 19.4. The minimum atomic E-state index is -4.73. The maximum absolute atomic E-state index is 12.3. The molecule has 2 N–H and O–H groups in total. The summed E-state index contributed by atoms with van der Waals surface area (Å²) in [5.41, 5.74) is 5.67. The summed E-state index contributed by atoms with van der Waals surface area (Å²) in [7, 11) is 0. The first-order valence-corrected chi connectivity index (χ1v) is 6.13. The predicted octanol–water partition coefficient (Wildman–Crippen LogP) is 3.74. The Labute approximate surface area is 114 Å². The SMILES string of the molecule is NCCCc1ccc(-c2ccccc2OC(F)(F)F)o1. The molecule has 6 heteroatoms. The molecule has 0 fully saturated rings. The number of ether oxygens (including phenoxy) is 1. The summed E-state index contributed by atoms with van der Waals surface area (Å²) in [6.45, 7) is 0.532. The van der Waals surface area contributed by atoms with E-state index >= 15 is 0 Å². The van der Waals surface area contributed by atoms with E-state index in [1.807, 2.05) is 0 Å². The fourth-order valence-electron chi connectivity index (χ4n) is 1.82. The van der Waals surface area contributed by atoms with Crippen LogP contribution in [0.15, 0.2) is 40.8 Å². The summed E-state index contributed by atoms with van der Waals surface area (Å²) in [6.07, 6.45) is -3.32. The Bertz CT molecular complexity index is 564. The fourth-order valence-corrected chi connectivity index (χ4v) is 1.82. The van der Waals surface area contributed by atoms with Crippen molar-refractivity contribution in [2.45, 2.75) is 19.2 Å². The number of alkyl halides is 3. The maximum Gasteiger partial charge on any atom is 0.573 e. The van der Waals surface area contributed by atoms with Gasteiger partial charge in [-0.3, -0.25) is 0 Å². The van der Waals surface area contributed by atoms with Gasteiger partial charge in [0.05, 0.1) is 5.56 Å². The highest BCUT2D eigenvalue weighted by Gasteiger charge is 2.32. The highest BCUT2D eigenvalue weighted by Crippen LogP contribution is 2.34. The number of benzene rings is 1. The Morgan fingerprint density at radius 1 is 1.10 bits per heavy atom. The normalized spacial score (nSPS) is 11.6. The summed E-state index contributed by atoms with van der Waals surface area (Å²) in [5, 5.41) is 0. The Morgan fingerprint density at radius 2 is 1.85 bits per heavy atom. The van der Waals surface area contributed by atoms with Crippen molar-refractivity contribution in [1.29, 1.82) is 0 Å². The van der Waals surface area contributed by atoms with Crippen LogP contribution in [0.5, 0.6) is 5.75 Å². The van der Waals surface area contributed by atoms with E-state index < -0.39 is 6.36 Å². The third-order valence-corrected chi connectivity index (χ3v) is 2.67. The molecule has 20 heavy (non-hydrogen) atoms. The zero-order valence-corrected chi connectivity index (χ0v) is 10.6. The Hall–Kier alpha value is -1.95. The molecule has 0 amide bonds. The van der Waals surface area contributed by atoms with Gasteiger partial charge in [-0.05, 0) is 37.2 Å². The van der Waals surface area contributed by atoms with Crippen LogP contribution in [0, 0.1) is 0 Å². The van der Waals surface area contributed by atoms with Crippen molar-refractivity contribution >= 4 is 0 Å². The molecular weight excluding hydrogens is 271 g/mol. The van der Waals surface area contributed by atoms with Gasteiger partial charge in [-0.2, -0.15) is 0 Å². The van der Waals surface area contributed by atoms with Crippen LogP contribution < -0.4 is 10.5 Å². The first-order chi connectivity index (χ1) is 9.49. The summed E-state index contributed by atoms with van der Waals surface area (Å²) in [5.74, 6) is 0.754. The molecule has 1 aromatic carbocycles. The second kappa shape index (κ2) is 6.00. The molecule has 0 unspecified atom stereocenters. The van der Waals surface area contributed by atoms with Crippen LogP contribution in [0.3, 0.4) is 0 Å². The molecule has 0 saturated heterocycles. The largest absolute Gasteiger partial charge is 0.573 e. The van der Waals surface area contributed by atoms with Crippen LogP contribution in [0.4, 0.5) is 13.2 Å². The van der Waals surface area contributed by atoms with Gasteiger partial charge < -0.3 is 14.9 Å². The minimum Gasteiger partial charge on any atom is -0.461 e. The summed E-state index contributed by atoms with van der Waals surface area (Å²) in [4.78, 5) is 0.